The summed E-state index contributed by atoms with van der Waals surface area (Å²) in [7, 11) is 0. The van der Waals surface area contributed by atoms with Crippen LogP contribution in [0.25, 0.3) is 0 Å². The first-order valence-corrected chi connectivity index (χ1v) is 4.80. The van der Waals surface area contributed by atoms with Gasteiger partial charge in [-0.3, -0.25) is 0 Å². The van der Waals surface area contributed by atoms with Crippen molar-refractivity contribution in [2.75, 3.05) is 6.61 Å². The van der Waals surface area contributed by atoms with Crippen LogP contribution < -0.4 is 4.74 Å². The highest BCUT2D eigenvalue weighted by atomic mass is 16.5. The molecule has 0 spiro atoms. The van der Waals surface area contributed by atoms with Crippen LogP contribution in [-0.2, 0) is 6.42 Å². The Morgan fingerprint density at radius 3 is 2.08 bits per heavy atom. The van der Waals surface area contributed by atoms with Crippen LogP contribution in [0.1, 0.15) is 33.3 Å². The third kappa shape index (κ3) is 4.45. The first-order valence-electron chi connectivity index (χ1n) is 4.80. The van der Waals surface area contributed by atoms with Gasteiger partial charge in [-0.2, -0.15) is 0 Å². The summed E-state index contributed by atoms with van der Waals surface area (Å²) in [4.78, 5) is 8.01. The Hall–Kier alpha value is -1.12. The topological polar surface area (TPSA) is 35.0 Å². The zero-order valence-electron chi connectivity index (χ0n) is 8.87. The number of aryl methyl sites for hydroxylation is 1. The molecule has 13 heavy (non-hydrogen) atoms. The van der Waals surface area contributed by atoms with Gasteiger partial charge in [0.15, 0.2) is 0 Å². The lowest BCUT2D eigenvalue weighted by atomic mass is 10.3. The SMILES string of the molecule is CC.CCOc1ncc(CC)cn1. The van der Waals surface area contributed by atoms with Gasteiger partial charge >= 0.3 is 6.01 Å². The van der Waals surface area contributed by atoms with Crippen molar-refractivity contribution in [3.63, 3.8) is 0 Å². The van der Waals surface area contributed by atoms with Gasteiger partial charge in [0.1, 0.15) is 0 Å². The molecular formula is C10H18N2O. The Morgan fingerprint density at radius 2 is 1.69 bits per heavy atom. The van der Waals surface area contributed by atoms with Gasteiger partial charge in [0, 0.05) is 12.4 Å². The Kier molecular flexibility index (Phi) is 6.88. The summed E-state index contributed by atoms with van der Waals surface area (Å²) in [5, 5.41) is 0. The van der Waals surface area contributed by atoms with Crippen LogP contribution in [0, 0.1) is 0 Å². The second-order valence-electron chi connectivity index (χ2n) is 2.16. The molecule has 0 aliphatic rings. The van der Waals surface area contributed by atoms with Crippen LogP contribution in [0.4, 0.5) is 0 Å². The maximum Gasteiger partial charge on any atom is 0.316 e. The van der Waals surface area contributed by atoms with E-state index in [0.717, 1.165) is 12.0 Å². The molecule has 3 heteroatoms. The van der Waals surface area contributed by atoms with Gasteiger partial charge in [-0.1, -0.05) is 20.8 Å². The van der Waals surface area contributed by atoms with Gasteiger partial charge in [0.2, 0.25) is 0 Å². The highest BCUT2D eigenvalue weighted by Gasteiger charge is 1.94. The van der Waals surface area contributed by atoms with E-state index in [4.69, 9.17) is 4.74 Å². The zero-order valence-corrected chi connectivity index (χ0v) is 8.87. The van der Waals surface area contributed by atoms with Gasteiger partial charge in [-0.05, 0) is 18.9 Å². The molecular weight excluding hydrogens is 164 g/mol. The predicted molar refractivity (Wildman–Crippen MR) is 53.9 cm³/mol. The average Bonchev–Trinajstić information content (AvgIpc) is 2.23. The Bertz CT molecular complexity index is 209. The summed E-state index contributed by atoms with van der Waals surface area (Å²) in [6, 6.07) is 0.463. The van der Waals surface area contributed by atoms with E-state index < -0.39 is 0 Å². The summed E-state index contributed by atoms with van der Waals surface area (Å²) >= 11 is 0. The zero-order chi connectivity index (χ0) is 10.1. The molecule has 0 radical (unpaired) electrons. The molecule has 0 fully saturated rings. The van der Waals surface area contributed by atoms with Crippen molar-refractivity contribution in [1.29, 1.82) is 0 Å². The summed E-state index contributed by atoms with van der Waals surface area (Å²) in [5.41, 5.74) is 1.13. The third-order valence-electron chi connectivity index (χ3n) is 1.36. The molecule has 0 saturated carbocycles. The molecule has 0 bridgehead atoms. The second kappa shape index (κ2) is 7.53. The van der Waals surface area contributed by atoms with E-state index in [-0.39, 0.29) is 0 Å². The molecule has 1 aromatic rings. The van der Waals surface area contributed by atoms with Crippen molar-refractivity contribution in [3.8, 4) is 6.01 Å². The summed E-state index contributed by atoms with van der Waals surface area (Å²) in [6.07, 6.45) is 4.54. The van der Waals surface area contributed by atoms with Crippen LogP contribution >= 0.6 is 0 Å². The molecule has 0 atom stereocenters. The molecule has 0 aromatic carbocycles. The fourth-order valence-corrected chi connectivity index (χ4v) is 0.729. The fourth-order valence-electron chi connectivity index (χ4n) is 0.729. The fraction of sp³-hybridized carbons (Fsp3) is 0.600. The second-order valence-corrected chi connectivity index (χ2v) is 2.16. The molecule has 0 saturated heterocycles. The molecule has 0 aliphatic heterocycles. The average molecular weight is 182 g/mol. The van der Waals surface area contributed by atoms with Crippen molar-refractivity contribution in [1.82, 2.24) is 9.97 Å². The van der Waals surface area contributed by atoms with Crippen molar-refractivity contribution < 1.29 is 4.74 Å². The van der Waals surface area contributed by atoms with Crippen molar-refractivity contribution in [2.24, 2.45) is 0 Å². The van der Waals surface area contributed by atoms with Gasteiger partial charge in [0.25, 0.3) is 0 Å². The standard InChI is InChI=1S/C8H12N2O.C2H6/c1-3-7-5-9-8(10-6-7)11-4-2;1-2/h5-6H,3-4H2,1-2H3;1-2H3. The van der Waals surface area contributed by atoms with Gasteiger partial charge in [-0.25, -0.2) is 9.97 Å². The first-order chi connectivity index (χ1) is 6.36. The molecule has 3 nitrogen and oxygen atoms in total. The van der Waals surface area contributed by atoms with Crippen LogP contribution in [0.3, 0.4) is 0 Å². The van der Waals surface area contributed by atoms with Crippen LogP contribution in [0.15, 0.2) is 12.4 Å². The Balaban J connectivity index is 0.000000671. The number of nitrogens with zero attached hydrogens (tertiary/aromatic N) is 2. The molecule has 0 aliphatic carbocycles. The van der Waals surface area contributed by atoms with Gasteiger partial charge < -0.3 is 4.74 Å². The van der Waals surface area contributed by atoms with E-state index in [1.807, 2.05) is 20.8 Å². The van der Waals surface area contributed by atoms with Crippen LogP contribution in [0.2, 0.25) is 0 Å². The molecule has 1 heterocycles. The van der Waals surface area contributed by atoms with E-state index >= 15 is 0 Å². The van der Waals surface area contributed by atoms with Crippen LogP contribution in [-0.4, -0.2) is 16.6 Å². The molecule has 0 amide bonds. The smallest absolute Gasteiger partial charge is 0.316 e. The molecule has 1 aromatic heterocycles. The van der Waals surface area contributed by atoms with Gasteiger partial charge in [-0.15, -0.1) is 0 Å². The van der Waals surface area contributed by atoms with E-state index in [9.17, 15) is 0 Å². The number of rotatable bonds is 3. The normalized spacial score (nSPS) is 8.62. The van der Waals surface area contributed by atoms with E-state index in [2.05, 4.69) is 16.9 Å². The minimum absolute atomic E-state index is 0.463. The van der Waals surface area contributed by atoms with E-state index in [1.165, 1.54) is 0 Å². The number of aromatic nitrogens is 2. The Morgan fingerprint density at radius 1 is 1.15 bits per heavy atom. The maximum absolute atomic E-state index is 5.08. The maximum atomic E-state index is 5.08. The number of hydrogen-bond donors (Lipinski definition) is 0. The predicted octanol–water partition coefficient (Wildman–Crippen LogP) is 2.46. The highest BCUT2D eigenvalue weighted by Crippen LogP contribution is 2.02. The lowest BCUT2D eigenvalue weighted by molar-refractivity contribution is 0.312. The summed E-state index contributed by atoms with van der Waals surface area (Å²) in [6.45, 7) is 8.60. The van der Waals surface area contributed by atoms with Crippen molar-refractivity contribution in [3.05, 3.63) is 18.0 Å². The molecule has 0 unspecified atom stereocenters. The molecule has 0 N–H and O–H groups in total. The summed E-state index contributed by atoms with van der Waals surface area (Å²) < 4.78 is 5.08. The van der Waals surface area contributed by atoms with E-state index in [0.29, 0.717) is 12.6 Å². The first kappa shape index (κ1) is 11.9. The minimum Gasteiger partial charge on any atom is -0.464 e. The molecule has 1 rings (SSSR count). The molecule has 74 valence electrons. The van der Waals surface area contributed by atoms with Gasteiger partial charge in [0.05, 0.1) is 6.61 Å². The third-order valence-corrected chi connectivity index (χ3v) is 1.36. The minimum atomic E-state index is 0.463. The summed E-state index contributed by atoms with van der Waals surface area (Å²) in [5.74, 6) is 0. The van der Waals surface area contributed by atoms with E-state index in [1.54, 1.807) is 12.4 Å². The lowest BCUT2D eigenvalue weighted by Crippen LogP contribution is -1.97. The lowest BCUT2D eigenvalue weighted by Gasteiger charge is -1.99. The Labute approximate surface area is 80.2 Å². The largest absolute Gasteiger partial charge is 0.464 e. The quantitative estimate of drug-likeness (QED) is 0.720. The van der Waals surface area contributed by atoms with Crippen molar-refractivity contribution in [2.45, 2.75) is 34.1 Å². The van der Waals surface area contributed by atoms with Crippen molar-refractivity contribution >= 4 is 0 Å². The van der Waals surface area contributed by atoms with Crippen LogP contribution in [0.5, 0.6) is 6.01 Å². The monoisotopic (exact) mass is 182 g/mol. The highest BCUT2D eigenvalue weighted by molar-refractivity contribution is 5.06. The number of ether oxygens (including phenoxy) is 1. The number of hydrogen-bond acceptors (Lipinski definition) is 3.